The lowest BCUT2D eigenvalue weighted by Gasteiger charge is -2.37. The third-order valence-corrected chi connectivity index (χ3v) is 6.65. The van der Waals surface area contributed by atoms with Gasteiger partial charge in [-0.05, 0) is 37.8 Å². The maximum Gasteiger partial charge on any atom is 0.329 e. The van der Waals surface area contributed by atoms with E-state index in [-0.39, 0.29) is 24.2 Å². The summed E-state index contributed by atoms with van der Waals surface area (Å²) in [7, 11) is 1.61. The second-order valence-corrected chi connectivity index (χ2v) is 8.31. The molecule has 28 heavy (non-hydrogen) atoms. The number of aromatic nitrogens is 2. The fraction of sp³-hybridized carbons (Fsp3) is 0.636. The lowest BCUT2D eigenvalue weighted by atomic mass is 9.99. The molecule has 4 rings (SSSR count). The SMILES string of the molecule is CNC(=O)Cn1c(=O)n(C2CCN(C3CCCCCC3)CC2)c2ccccc21. The van der Waals surface area contributed by atoms with Gasteiger partial charge in [0.15, 0.2) is 0 Å². The van der Waals surface area contributed by atoms with Crippen molar-refractivity contribution in [3.05, 3.63) is 34.7 Å². The Morgan fingerprint density at radius 1 is 0.964 bits per heavy atom. The van der Waals surface area contributed by atoms with E-state index in [1.807, 2.05) is 28.8 Å². The molecule has 0 radical (unpaired) electrons. The molecule has 1 amide bonds. The largest absolute Gasteiger partial charge is 0.358 e. The number of nitrogens with one attached hydrogen (secondary N) is 1. The molecule has 1 saturated heterocycles. The number of likely N-dealkylation sites (N-methyl/N-ethyl adjacent to an activating group) is 1. The zero-order valence-electron chi connectivity index (χ0n) is 16.9. The Hall–Kier alpha value is -2.08. The third-order valence-electron chi connectivity index (χ3n) is 6.65. The third kappa shape index (κ3) is 3.75. The Balaban J connectivity index is 1.56. The van der Waals surface area contributed by atoms with Crippen LogP contribution in [0, 0.1) is 0 Å². The molecule has 152 valence electrons. The van der Waals surface area contributed by atoms with Crippen LogP contribution in [0.1, 0.15) is 57.4 Å². The minimum atomic E-state index is -0.145. The van der Waals surface area contributed by atoms with Crippen molar-refractivity contribution in [3.8, 4) is 0 Å². The van der Waals surface area contributed by atoms with E-state index in [9.17, 15) is 9.59 Å². The Bertz CT molecular complexity index is 868. The summed E-state index contributed by atoms with van der Waals surface area (Å²) < 4.78 is 3.56. The molecular weight excluding hydrogens is 352 g/mol. The summed E-state index contributed by atoms with van der Waals surface area (Å²) in [5, 5.41) is 2.63. The quantitative estimate of drug-likeness (QED) is 0.825. The van der Waals surface area contributed by atoms with Gasteiger partial charge in [-0.15, -0.1) is 0 Å². The predicted molar refractivity (Wildman–Crippen MR) is 112 cm³/mol. The van der Waals surface area contributed by atoms with Crippen LogP contribution in [0.25, 0.3) is 11.0 Å². The number of hydrogen-bond acceptors (Lipinski definition) is 3. The van der Waals surface area contributed by atoms with Crippen molar-refractivity contribution in [1.82, 2.24) is 19.4 Å². The zero-order valence-corrected chi connectivity index (χ0v) is 16.9. The van der Waals surface area contributed by atoms with Gasteiger partial charge in [-0.2, -0.15) is 0 Å². The summed E-state index contributed by atoms with van der Waals surface area (Å²) in [4.78, 5) is 27.8. The van der Waals surface area contributed by atoms with Crippen LogP contribution in [0.4, 0.5) is 0 Å². The van der Waals surface area contributed by atoms with Crippen molar-refractivity contribution in [1.29, 1.82) is 0 Å². The summed E-state index contributed by atoms with van der Waals surface area (Å²) in [5.74, 6) is -0.145. The first kappa shape index (κ1) is 19.2. The standard InChI is InChI=1S/C22H32N4O2/c1-23-21(27)16-25-19-10-6-7-11-20(19)26(22(25)28)18-12-14-24(15-13-18)17-8-4-2-3-5-9-17/h6-7,10-11,17-18H,2-5,8-9,12-16H2,1H3,(H,23,27). The van der Waals surface area contributed by atoms with Crippen LogP contribution in [0.5, 0.6) is 0 Å². The van der Waals surface area contributed by atoms with Gasteiger partial charge in [0.05, 0.1) is 11.0 Å². The van der Waals surface area contributed by atoms with E-state index in [2.05, 4.69) is 10.2 Å². The second kappa shape index (κ2) is 8.52. The Morgan fingerprint density at radius 2 is 1.61 bits per heavy atom. The van der Waals surface area contributed by atoms with Gasteiger partial charge in [-0.25, -0.2) is 4.79 Å². The summed E-state index contributed by atoms with van der Waals surface area (Å²) in [6.07, 6.45) is 10.1. The molecule has 1 aromatic carbocycles. The molecule has 2 aliphatic rings. The van der Waals surface area contributed by atoms with Crippen molar-refractivity contribution >= 4 is 16.9 Å². The normalized spacial score (nSPS) is 20.3. The number of carbonyl (C=O) groups excluding carboxylic acids is 1. The van der Waals surface area contributed by atoms with Crippen LogP contribution in [-0.2, 0) is 11.3 Å². The van der Waals surface area contributed by atoms with E-state index in [0.717, 1.165) is 43.0 Å². The van der Waals surface area contributed by atoms with Crippen LogP contribution >= 0.6 is 0 Å². The van der Waals surface area contributed by atoms with Crippen molar-refractivity contribution in [2.75, 3.05) is 20.1 Å². The van der Waals surface area contributed by atoms with Crippen LogP contribution in [0.15, 0.2) is 29.1 Å². The van der Waals surface area contributed by atoms with Gasteiger partial charge in [-0.1, -0.05) is 37.8 Å². The Morgan fingerprint density at radius 3 is 2.25 bits per heavy atom. The Labute approximate surface area is 166 Å². The lowest BCUT2D eigenvalue weighted by molar-refractivity contribution is -0.121. The van der Waals surface area contributed by atoms with Crippen molar-refractivity contribution in [2.24, 2.45) is 0 Å². The van der Waals surface area contributed by atoms with Gasteiger partial charge < -0.3 is 10.2 Å². The maximum atomic E-state index is 13.2. The van der Waals surface area contributed by atoms with Gasteiger partial charge in [0.2, 0.25) is 5.91 Å². The molecule has 1 aliphatic carbocycles. The number of piperidine rings is 1. The zero-order chi connectivity index (χ0) is 19.5. The monoisotopic (exact) mass is 384 g/mol. The van der Waals surface area contributed by atoms with E-state index >= 15 is 0 Å². The van der Waals surface area contributed by atoms with Crippen molar-refractivity contribution in [2.45, 2.75) is 70.0 Å². The molecule has 1 aliphatic heterocycles. The van der Waals surface area contributed by atoms with E-state index in [1.165, 1.54) is 38.5 Å². The van der Waals surface area contributed by atoms with Gasteiger partial charge in [0, 0.05) is 32.2 Å². The van der Waals surface area contributed by atoms with Crippen molar-refractivity contribution in [3.63, 3.8) is 0 Å². The van der Waals surface area contributed by atoms with E-state index in [1.54, 1.807) is 11.6 Å². The molecule has 1 saturated carbocycles. The first-order valence-corrected chi connectivity index (χ1v) is 10.8. The molecule has 2 fully saturated rings. The van der Waals surface area contributed by atoms with Crippen LogP contribution in [-0.4, -0.2) is 46.1 Å². The number of para-hydroxylation sites is 2. The number of nitrogens with zero attached hydrogens (tertiary/aromatic N) is 3. The highest BCUT2D eigenvalue weighted by Gasteiger charge is 2.29. The fourth-order valence-corrected chi connectivity index (χ4v) is 5.09. The summed E-state index contributed by atoms with van der Waals surface area (Å²) in [6, 6.07) is 8.80. The minimum absolute atomic E-state index is 0.0577. The molecule has 0 unspecified atom stereocenters. The average molecular weight is 385 g/mol. The minimum Gasteiger partial charge on any atom is -0.358 e. The lowest BCUT2D eigenvalue weighted by Crippen LogP contribution is -2.43. The molecule has 1 aromatic heterocycles. The molecule has 0 bridgehead atoms. The highest BCUT2D eigenvalue weighted by molar-refractivity contribution is 5.80. The number of imidazole rings is 1. The number of amides is 1. The van der Waals surface area contributed by atoms with Crippen LogP contribution in [0.2, 0.25) is 0 Å². The van der Waals surface area contributed by atoms with E-state index < -0.39 is 0 Å². The molecule has 0 spiro atoms. The molecule has 1 N–H and O–H groups in total. The number of hydrogen-bond donors (Lipinski definition) is 1. The number of carbonyl (C=O) groups is 1. The smallest absolute Gasteiger partial charge is 0.329 e. The van der Waals surface area contributed by atoms with Gasteiger partial charge in [0.25, 0.3) is 0 Å². The first-order chi connectivity index (χ1) is 13.7. The predicted octanol–water partition coefficient (Wildman–Crippen LogP) is 2.91. The van der Waals surface area contributed by atoms with Gasteiger partial charge in [0.1, 0.15) is 6.54 Å². The molecular formula is C22H32N4O2. The topological polar surface area (TPSA) is 59.3 Å². The number of benzene rings is 1. The summed E-state index contributed by atoms with van der Waals surface area (Å²) in [5.41, 5.74) is 1.74. The average Bonchev–Trinajstić information content (AvgIpc) is 2.90. The van der Waals surface area contributed by atoms with Gasteiger partial charge in [-0.3, -0.25) is 13.9 Å². The molecule has 6 heteroatoms. The Kier molecular flexibility index (Phi) is 5.85. The van der Waals surface area contributed by atoms with Crippen molar-refractivity contribution < 1.29 is 4.79 Å². The highest BCUT2D eigenvalue weighted by atomic mass is 16.2. The fourth-order valence-electron chi connectivity index (χ4n) is 5.09. The number of rotatable bonds is 4. The van der Waals surface area contributed by atoms with Crippen LogP contribution < -0.4 is 11.0 Å². The van der Waals surface area contributed by atoms with Crippen LogP contribution in [0.3, 0.4) is 0 Å². The summed E-state index contributed by atoms with van der Waals surface area (Å²) >= 11 is 0. The van der Waals surface area contributed by atoms with E-state index in [4.69, 9.17) is 0 Å². The molecule has 2 aromatic rings. The number of likely N-dealkylation sites (tertiary alicyclic amines) is 1. The van der Waals surface area contributed by atoms with Gasteiger partial charge >= 0.3 is 5.69 Å². The highest BCUT2D eigenvalue weighted by Crippen LogP contribution is 2.30. The maximum absolute atomic E-state index is 13.2. The molecule has 6 nitrogen and oxygen atoms in total. The van der Waals surface area contributed by atoms with E-state index in [0.29, 0.717) is 0 Å². The number of fused-ring (bicyclic) bond motifs is 1. The molecule has 0 atom stereocenters. The second-order valence-electron chi connectivity index (χ2n) is 8.31. The molecule has 2 heterocycles. The first-order valence-electron chi connectivity index (χ1n) is 10.8. The summed E-state index contributed by atoms with van der Waals surface area (Å²) in [6.45, 7) is 2.21.